The first-order chi connectivity index (χ1) is 13.0. The smallest absolute Gasteiger partial charge is 0.279 e. The van der Waals surface area contributed by atoms with Crippen LogP contribution in [0.15, 0.2) is 48.5 Å². The van der Waals surface area contributed by atoms with Crippen LogP contribution >= 0.6 is 0 Å². The molecule has 2 aromatic carbocycles. The SMILES string of the molecule is CCc1cccc(NC(=O)C[NH+](CC)CC(=O)Nc2cccc(OC)c2)c1. The number of methoxy groups -OCH3 is 1. The summed E-state index contributed by atoms with van der Waals surface area (Å²) in [5, 5.41) is 5.76. The van der Waals surface area contributed by atoms with Gasteiger partial charge >= 0.3 is 0 Å². The minimum absolute atomic E-state index is 0.103. The number of amides is 2. The average Bonchev–Trinajstić information content (AvgIpc) is 2.67. The zero-order chi connectivity index (χ0) is 19.6. The van der Waals surface area contributed by atoms with Crippen molar-refractivity contribution in [1.82, 2.24) is 0 Å². The van der Waals surface area contributed by atoms with E-state index >= 15 is 0 Å². The summed E-state index contributed by atoms with van der Waals surface area (Å²) in [6.45, 7) is 5.16. The van der Waals surface area contributed by atoms with Gasteiger partial charge in [0.05, 0.1) is 13.7 Å². The molecular weight excluding hydrogens is 342 g/mol. The summed E-state index contributed by atoms with van der Waals surface area (Å²) in [4.78, 5) is 25.5. The van der Waals surface area contributed by atoms with Gasteiger partial charge in [-0.05, 0) is 43.2 Å². The number of nitrogens with one attached hydrogen (secondary N) is 3. The van der Waals surface area contributed by atoms with Crippen LogP contribution in [-0.2, 0) is 16.0 Å². The molecule has 0 heterocycles. The fourth-order valence-corrected chi connectivity index (χ4v) is 2.75. The van der Waals surface area contributed by atoms with Gasteiger partial charge in [-0.2, -0.15) is 0 Å². The number of likely N-dealkylation sites (N-methyl/N-ethyl adjacent to an activating group) is 1. The van der Waals surface area contributed by atoms with Crippen molar-refractivity contribution in [3.8, 4) is 5.75 Å². The second-order valence-electron chi connectivity index (χ2n) is 6.34. The molecule has 0 spiro atoms. The first kappa shape index (κ1) is 20.5. The second-order valence-corrected chi connectivity index (χ2v) is 6.34. The van der Waals surface area contributed by atoms with Crippen molar-refractivity contribution < 1.29 is 19.2 Å². The molecule has 6 nitrogen and oxygen atoms in total. The number of benzene rings is 2. The van der Waals surface area contributed by atoms with E-state index < -0.39 is 0 Å². The predicted molar refractivity (Wildman–Crippen MR) is 107 cm³/mol. The Labute approximate surface area is 160 Å². The van der Waals surface area contributed by atoms with Crippen molar-refractivity contribution >= 4 is 23.2 Å². The molecule has 2 rings (SSSR count). The highest BCUT2D eigenvalue weighted by atomic mass is 16.5. The van der Waals surface area contributed by atoms with Crippen molar-refractivity contribution in [2.45, 2.75) is 20.3 Å². The lowest BCUT2D eigenvalue weighted by Gasteiger charge is -2.17. The minimum atomic E-state index is -0.138. The van der Waals surface area contributed by atoms with Crippen molar-refractivity contribution in [3.63, 3.8) is 0 Å². The van der Waals surface area contributed by atoms with Crippen LogP contribution in [0.25, 0.3) is 0 Å². The molecule has 144 valence electrons. The Morgan fingerprint density at radius 3 is 2.07 bits per heavy atom. The lowest BCUT2D eigenvalue weighted by molar-refractivity contribution is -0.881. The summed E-state index contributed by atoms with van der Waals surface area (Å²) in [7, 11) is 1.58. The maximum Gasteiger partial charge on any atom is 0.279 e. The standard InChI is InChI=1S/C21H27N3O3/c1-4-16-8-6-9-17(12-16)22-20(25)14-24(5-2)15-21(26)23-18-10-7-11-19(13-18)27-3/h6-13H,4-5,14-15H2,1-3H3,(H,22,25)(H,23,26)/p+1. The molecule has 2 aromatic rings. The molecule has 0 saturated carbocycles. The summed E-state index contributed by atoms with van der Waals surface area (Å²) < 4.78 is 5.15. The highest BCUT2D eigenvalue weighted by Gasteiger charge is 2.17. The summed E-state index contributed by atoms with van der Waals surface area (Å²) in [5.41, 5.74) is 2.64. The Kier molecular flexibility index (Phi) is 7.82. The zero-order valence-electron chi connectivity index (χ0n) is 16.2. The Balaban J connectivity index is 1.87. The van der Waals surface area contributed by atoms with E-state index in [1.165, 1.54) is 5.56 Å². The molecule has 0 aliphatic rings. The van der Waals surface area contributed by atoms with Gasteiger partial charge in [0.25, 0.3) is 11.8 Å². The summed E-state index contributed by atoms with van der Waals surface area (Å²) >= 11 is 0. The number of carbonyl (C=O) groups excluding carboxylic acids is 2. The maximum atomic E-state index is 12.3. The maximum absolute atomic E-state index is 12.3. The van der Waals surface area contributed by atoms with E-state index in [9.17, 15) is 9.59 Å². The topological polar surface area (TPSA) is 71.9 Å². The van der Waals surface area contributed by atoms with Crippen LogP contribution in [0.1, 0.15) is 19.4 Å². The monoisotopic (exact) mass is 370 g/mol. The van der Waals surface area contributed by atoms with Gasteiger partial charge in [0.15, 0.2) is 13.1 Å². The van der Waals surface area contributed by atoms with Crippen molar-refractivity contribution in [2.75, 3.05) is 37.4 Å². The number of carbonyl (C=O) groups is 2. The minimum Gasteiger partial charge on any atom is -0.497 e. The molecule has 1 atom stereocenters. The van der Waals surface area contributed by atoms with Gasteiger partial charge in [-0.25, -0.2) is 0 Å². The lowest BCUT2D eigenvalue weighted by atomic mass is 10.1. The highest BCUT2D eigenvalue weighted by molar-refractivity contribution is 5.93. The number of anilines is 2. The third-order valence-corrected chi connectivity index (χ3v) is 4.29. The number of hydrogen-bond donors (Lipinski definition) is 3. The molecule has 0 fully saturated rings. The van der Waals surface area contributed by atoms with Crippen molar-refractivity contribution in [3.05, 3.63) is 54.1 Å². The largest absolute Gasteiger partial charge is 0.497 e. The van der Waals surface area contributed by atoms with Gasteiger partial charge in [-0.1, -0.05) is 25.1 Å². The van der Waals surface area contributed by atoms with Gasteiger partial charge in [0, 0.05) is 17.4 Å². The molecule has 3 N–H and O–H groups in total. The third-order valence-electron chi connectivity index (χ3n) is 4.29. The number of quaternary nitrogens is 1. The molecule has 0 bridgehead atoms. The summed E-state index contributed by atoms with van der Waals surface area (Å²) in [5.74, 6) is 0.441. The normalized spacial score (nSPS) is 11.5. The Morgan fingerprint density at radius 2 is 1.52 bits per heavy atom. The van der Waals surface area contributed by atoms with Gasteiger partial charge in [0.2, 0.25) is 0 Å². The molecule has 6 heteroatoms. The van der Waals surface area contributed by atoms with Gasteiger partial charge in [-0.15, -0.1) is 0 Å². The fourth-order valence-electron chi connectivity index (χ4n) is 2.75. The van der Waals surface area contributed by atoms with Crippen LogP contribution in [-0.4, -0.2) is 38.6 Å². The van der Waals surface area contributed by atoms with Crippen LogP contribution in [0.4, 0.5) is 11.4 Å². The quantitative estimate of drug-likeness (QED) is 0.630. The first-order valence-corrected chi connectivity index (χ1v) is 9.20. The van der Waals surface area contributed by atoms with Crippen LogP contribution in [0, 0.1) is 0 Å². The van der Waals surface area contributed by atoms with E-state index in [0.29, 0.717) is 18.0 Å². The molecule has 0 aliphatic heterocycles. The predicted octanol–water partition coefficient (Wildman–Crippen LogP) is 1.74. The molecule has 0 aliphatic carbocycles. The van der Waals surface area contributed by atoms with Crippen LogP contribution < -0.4 is 20.3 Å². The van der Waals surface area contributed by atoms with Crippen molar-refractivity contribution in [1.29, 1.82) is 0 Å². The van der Waals surface area contributed by atoms with Crippen LogP contribution in [0.2, 0.25) is 0 Å². The number of aryl methyl sites for hydroxylation is 1. The molecule has 0 saturated heterocycles. The first-order valence-electron chi connectivity index (χ1n) is 9.20. The van der Waals surface area contributed by atoms with E-state index in [1.807, 2.05) is 43.3 Å². The van der Waals surface area contributed by atoms with Crippen LogP contribution in [0.3, 0.4) is 0 Å². The molecular formula is C21H28N3O3+. The molecule has 1 unspecified atom stereocenters. The Bertz CT molecular complexity index is 713. The number of rotatable bonds is 9. The third kappa shape index (κ3) is 6.75. The number of ether oxygens (including phenoxy) is 1. The Hall–Kier alpha value is -2.86. The average molecular weight is 370 g/mol. The highest BCUT2D eigenvalue weighted by Crippen LogP contribution is 2.16. The van der Waals surface area contributed by atoms with Crippen LogP contribution in [0.5, 0.6) is 5.75 Å². The summed E-state index contributed by atoms with van der Waals surface area (Å²) in [6.07, 6.45) is 0.917. The molecule has 0 radical (unpaired) electrons. The Morgan fingerprint density at radius 1 is 0.926 bits per heavy atom. The molecule has 2 amide bonds. The van der Waals surface area contributed by atoms with E-state index in [-0.39, 0.29) is 24.9 Å². The second kappa shape index (κ2) is 10.3. The lowest BCUT2D eigenvalue weighted by Crippen LogP contribution is -3.13. The van der Waals surface area contributed by atoms with E-state index in [4.69, 9.17) is 4.74 Å². The van der Waals surface area contributed by atoms with Crippen molar-refractivity contribution in [2.24, 2.45) is 0 Å². The zero-order valence-corrected chi connectivity index (χ0v) is 16.2. The van der Waals surface area contributed by atoms with E-state index in [0.717, 1.165) is 17.0 Å². The van der Waals surface area contributed by atoms with Gasteiger partial charge < -0.3 is 20.3 Å². The molecule has 27 heavy (non-hydrogen) atoms. The van der Waals surface area contributed by atoms with Gasteiger partial charge in [-0.3, -0.25) is 9.59 Å². The van der Waals surface area contributed by atoms with E-state index in [2.05, 4.69) is 17.6 Å². The molecule has 0 aromatic heterocycles. The fraction of sp³-hybridized carbons (Fsp3) is 0.333. The van der Waals surface area contributed by atoms with E-state index in [1.54, 1.807) is 19.2 Å². The number of hydrogen-bond acceptors (Lipinski definition) is 3. The summed E-state index contributed by atoms with van der Waals surface area (Å²) in [6, 6.07) is 15.0. The van der Waals surface area contributed by atoms with Gasteiger partial charge in [0.1, 0.15) is 5.75 Å².